The molecule has 1 heterocycles. The van der Waals surface area contributed by atoms with E-state index in [9.17, 15) is 18.4 Å². The molecule has 0 unspecified atom stereocenters. The fraction of sp³-hybridized carbons (Fsp3) is 0.292. The maximum Gasteiger partial charge on any atom is 0.310 e. The van der Waals surface area contributed by atoms with Crippen LogP contribution in [0.4, 0.5) is 8.78 Å². The number of fused-ring (bicyclic) bond motifs is 1. The molecule has 0 radical (unpaired) electrons. The predicted octanol–water partition coefficient (Wildman–Crippen LogP) is 6.10. The third-order valence-corrected chi connectivity index (χ3v) is 5.67. The van der Waals surface area contributed by atoms with Crippen molar-refractivity contribution >= 4 is 52.0 Å². The molecule has 168 valence electrons. The van der Waals surface area contributed by atoms with E-state index in [4.69, 9.17) is 16.3 Å². The highest BCUT2D eigenvalue weighted by Gasteiger charge is 2.30. The molecule has 0 amide bonds. The summed E-state index contributed by atoms with van der Waals surface area (Å²) in [5, 5.41) is 2.44. The Hall–Kier alpha value is -2.64. The lowest BCUT2D eigenvalue weighted by Crippen LogP contribution is -2.26. The topological polar surface area (TPSA) is 48.3 Å². The van der Waals surface area contributed by atoms with E-state index in [1.54, 1.807) is 37.3 Å². The second kappa shape index (κ2) is 9.88. The fourth-order valence-corrected chi connectivity index (χ4v) is 3.77. The number of esters is 1. The van der Waals surface area contributed by atoms with Gasteiger partial charge in [0.2, 0.25) is 0 Å². The van der Waals surface area contributed by atoms with Gasteiger partial charge in [0.1, 0.15) is 0 Å². The van der Waals surface area contributed by atoms with E-state index in [0.717, 1.165) is 5.56 Å². The molecule has 2 aromatic carbocycles. The summed E-state index contributed by atoms with van der Waals surface area (Å²) in [6.07, 6.45) is -0.647. The van der Waals surface area contributed by atoms with Crippen LogP contribution in [0.3, 0.4) is 0 Å². The molecule has 32 heavy (non-hydrogen) atoms. The van der Waals surface area contributed by atoms with Crippen LogP contribution in [0.5, 0.6) is 0 Å². The van der Waals surface area contributed by atoms with Crippen molar-refractivity contribution in [1.29, 1.82) is 0 Å². The van der Waals surface area contributed by atoms with E-state index >= 15 is 0 Å². The SMILES string of the molecule is Cc1ccc2c(c1)c(CC(=O)OCC(F)(F)CCC=S)c(C)n2C(=O)c1ccc(Cl)cc1. The van der Waals surface area contributed by atoms with Gasteiger partial charge in [-0.25, -0.2) is 8.78 Å². The van der Waals surface area contributed by atoms with Crippen molar-refractivity contribution < 1.29 is 23.1 Å². The monoisotopic (exact) mass is 477 g/mol. The van der Waals surface area contributed by atoms with E-state index in [0.29, 0.717) is 32.7 Å². The molecule has 0 saturated heterocycles. The van der Waals surface area contributed by atoms with Crippen molar-refractivity contribution in [2.24, 2.45) is 0 Å². The predicted molar refractivity (Wildman–Crippen MR) is 125 cm³/mol. The number of benzene rings is 2. The summed E-state index contributed by atoms with van der Waals surface area (Å²) in [5.41, 5.74) is 3.12. The van der Waals surface area contributed by atoms with Crippen molar-refractivity contribution in [3.8, 4) is 0 Å². The van der Waals surface area contributed by atoms with Crippen LogP contribution in [0.2, 0.25) is 5.02 Å². The molecule has 3 aromatic rings. The quantitative estimate of drug-likeness (QED) is 0.290. The Morgan fingerprint density at radius 3 is 2.50 bits per heavy atom. The van der Waals surface area contributed by atoms with E-state index < -0.39 is 24.9 Å². The van der Waals surface area contributed by atoms with Crippen LogP contribution in [-0.4, -0.2) is 34.3 Å². The maximum absolute atomic E-state index is 13.8. The minimum Gasteiger partial charge on any atom is -0.459 e. The highest BCUT2D eigenvalue weighted by atomic mass is 35.5. The van der Waals surface area contributed by atoms with Gasteiger partial charge in [0, 0.05) is 28.1 Å². The zero-order valence-electron chi connectivity index (χ0n) is 17.7. The Bertz CT molecular complexity index is 1170. The number of thiocarbonyl (C=S) groups is 1. The van der Waals surface area contributed by atoms with Gasteiger partial charge < -0.3 is 4.74 Å². The van der Waals surface area contributed by atoms with Gasteiger partial charge in [0.25, 0.3) is 11.8 Å². The first kappa shape index (κ1) is 24.0. The fourth-order valence-electron chi connectivity index (χ4n) is 3.53. The van der Waals surface area contributed by atoms with Gasteiger partial charge in [0.05, 0.1) is 11.9 Å². The van der Waals surface area contributed by atoms with Gasteiger partial charge in [-0.15, -0.1) is 0 Å². The van der Waals surface area contributed by atoms with Crippen molar-refractivity contribution in [3.63, 3.8) is 0 Å². The third-order valence-electron chi connectivity index (χ3n) is 5.18. The molecule has 0 N–H and O–H groups in total. The zero-order valence-corrected chi connectivity index (χ0v) is 19.2. The summed E-state index contributed by atoms with van der Waals surface area (Å²) in [7, 11) is 0. The van der Waals surface area contributed by atoms with Gasteiger partial charge in [0.15, 0.2) is 6.61 Å². The number of carbonyl (C=O) groups excluding carboxylic acids is 2. The van der Waals surface area contributed by atoms with Crippen molar-refractivity contribution in [2.45, 2.75) is 39.0 Å². The van der Waals surface area contributed by atoms with E-state index in [1.807, 2.05) is 19.1 Å². The third kappa shape index (κ3) is 5.40. The lowest BCUT2D eigenvalue weighted by molar-refractivity contribution is -0.154. The summed E-state index contributed by atoms with van der Waals surface area (Å²) in [5.74, 6) is -4.20. The minimum absolute atomic E-state index is 0.0541. The number of aryl methyl sites for hydroxylation is 1. The Balaban J connectivity index is 1.92. The molecule has 4 nitrogen and oxygen atoms in total. The van der Waals surface area contributed by atoms with Crippen LogP contribution in [0.15, 0.2) is 42.5 Å². The van der Waals surface area contributed by atoms with Crippen molar-refractivity contribution in [1.82, 2.24) is 4.57 Å². The number of alkyl halides is 2. The first-order valence-electron chi connectivity index (χ1n) is 10.0. The molecule has 1 aromatic heterocycles. The van der Waals surface area contributed by atoms with Crippen molar-refractivity contribution in [2.75, 3.05) is 6.61 Å². The average Bonchev–Trinajstić information content (AvgIpc) is 3.02. The van der Waals surface area contributed by atoms with E-state index in [2.05, 4.69) is 12.2 Å². The first-order chi connectivity index (χ1) is 15.1. The molecule has 0 aliphatic carbocycles. The molecule has 0 aliphatic heterocycles. The number of carbonyl (C=O) groups is 2. The summed E-state index contributed by atoms with van der Waals surface area (Å²) in [6.45, 7) is 2.61. The Labute approximate surface area is 195 Å². The lowest BCUT2D eigenvalue weighted by atomic mass is 10.1. The van der Waals surface area contributed by atoms with E-state index in [-0.39, 0.29) is 18.7 Å². The van der Waals surface area contributed by atoms with Crippen LogP contribution in [0, 0.1) is 13.8 Å². The Morgan fingerprint density at radius 1 is 1.16 bits per heavy atom. The molecule has 0 bridgehead atoms. The number of ether oxygens (including phenoxy) is 1. The van der Waals surface area contributed by atoms with Crippen LogP contribution in [0.1, 0.15) is 40.0 Å². The molecule has 0 spiro atoms. The first-order valence-corrected chi connectivity index (χ1v) is 10.9. The standard InChI is InChI=1S/C24H22ClF2NO3S/c1-15-4-9-21-20(12-15)19(13-22(29)31-14-24(26,27)10-3-11-32)16(2)28(21)23(30)17-5-7-18(25)8-6-17/h4-9,11-12H,3,10,13-14H2,1-2H3. The van der Waals surface area contributed by atoms with Crippen molar-refractivity contribution in [3.05, 3.63) is 69.9 Å². The number of hydrogen-bond acceptors (Lipinski definition) is 4. The summed E-state index contributed by atoms with van der Waals surface area (Å²) in [4.78, 5) is 25.6. The van der Waals surface area contributed by atoms with Gasteiger partial charge in [-0.1, -0.05) is 35.4 Å². The van der Waals surface area contributed by atoms with Gasteiger partial charge in [-0.3, -0.25) is 14.2 Å². The van der Waals surface area contributed by atoms with Gasteiger partial charge in [-0.2, -0.15) is 0 Å². The zero-order chi connectivity index (χ0) is 23.5. The maximum atomic E-state index is 13.8. The molecular formula is C24H22ClF2NO3S. The summed E-state index contributed by atoms with van der Waals surface area (Å²) in [6, 6.07) is 12.0. The normalized spacial score (nSPS) is 11.5. The highest BCUT2D eigenvalue weighted by Crippen LogP contribution is 2.29. The molecule has 0 atom stereocenters. The summed E-state index contributed by atoms with van der Waals surface area (Å²) < 4.78 is 34.0. The largest absolute Gasteiger partial charge is 0.459 e. The van der Waals surface area contributed by atoms with Gasteiger partial charge >= 0.3 is 5.97 Å². The average molecular weight is 478 g/mol. The highest BCUT2D eigenvalue weighted by molar-refractivity contribution is 7.78. The smallest absolute Gasteiger partial charge is 0.310 e. The molecule has 3 rings (SSSR count). The summed E-state index contributed by atoms with van der Waals surface area (Å²) >= 11 is 10.5. The van der Waals surface area contributed by atoms with Gasteiger partial charge in [-0.05, 0) is 67.6 Å². The second-order valence-electron chi connectivity index (χ2n) is 7.63. The van der Waals surface area contributed by atoms with Crippen LogP contribution in [-0.2, 0) is 16.0 Å². The number of aromatic nitrogens is 1. The number of nitrogens with zero attached hydrogens (tertiary/aromatic N) is 1. The molecule has 0 saturated carbocycles. The second-order valence-corrected chi connectivity index (χ2v) is 8.40. The minimum atomic E-state index is -3.14. The molecule has 8 heteroatoms. The number of halogens is 3. The van der Waals surface area contributed by atoms with E-state index in [1.165, 1.54) is 9.93 Å². The molecule has 0 aliphatic rings. The van der Waals surface area contributed by atoms with Crippen LogP contribution < -0.4 is 0 Å². The Kier molecular flexibility index (Phi) is 7.41. The van der Waals surface area contributed by atoms with Crippen LogP contribution in [0.25, 0.3) is 10.9 Å². The molecular weight excluding hydrogens is 456 g/mol. The Morgan fingerprint density at radius 2 is 1.84 bits per heavy atom. The molecule has 0 fully saturated rings. The number of rotatable bonds is 8. The number of hydrogen-bond donors (Lipinski definition) is 0. The lowest BCUT2D eigenvalue weighted by Gasteiger charge is -2.15. The van der Waals surface area contributed by atoms with Crippen LogP contribution >= 0.6 is 23.8 Å².